The van der Waals surface area contributed by atoms with Gasteiger partial charge in [0.2, 0.25) is 0 Å². The van der Waals surface area contributed by atoms with Gasteiger partial charge < -0.3 is 5.32 Å². The van der Waals surface area contributed by atoms with E-state index in [2.05, 4.69) is 5.32 Å². The summed E-state index contributed by atoms with van der Waals surface area (Å²) in [6.07, 6.45) is -3.14. The second kappa shape index (κ2) is 6.08. The maximum Gasteiger partial charge on any atom is 0.416 e. The number of halogens is 4. The maximum atomic E-state index is 12.5. The zero-order valence-electron chi connectivity index (χ0n) is 11.2. The monoisotopic (exact) mass is 313 g/mol. The summed E-state index contributed by atoms with van der Waals surface area (Å²) < 4.78 is 37.5. The third-order valence-corrected chi connectivity index (χ3v) is 3.68. The molecular weight excluding hydrogens is 299 g/mol. The molecule has 2 aromatic rings. The topological polar surface area (TPSA) is 12.0 Å². The number of alkyl halides is 3. The van der Waals surface area contributed by atoms with E-state index in [1.165, 1.54) is 17.7 Å². The Labute approximate surface area is 127 Å². The molecule has 0 unspecified atom stereocenters. The normalized spacial score (nSPS) is 17.8. The molecule has 5 heteroatoms. The summed E-state index contributed by atoms with van der Waals surface area (Å²) in [6, 6.07) is 13.7. The van der Waals surface area contributed by atoms with Crippen LogP contribution >= 0.6 is 12.4 Å². The van der Waals surface area contributed by atoms with E-state index < -0.39 is 11.7 Å². The van der Waals surface area contributed by atoms with E-state index in [1.54, 1.807) is 0 Å². The minimum atomic E-state index is -4.28. The van der Waals surface area contributed by atoms with Crippen LogP contribution in [0.2, 0.25) is 0 Å². The maximum absolute atomic E-state index is 12.5. The molecule has 0 amide bonds. The van der Waals surface area contributed by atoms with E-state index in [1.807, 2.05) is 24.3 Å². The Balaban J connectivity index is 0.00000161. The number of benzene rings is 2. The molecular formula is C16H15ClF3N. The van der Waals surface area contributed by atoms with E-state index in [0.717, 1.165) is 36.2 Å². The minimum absolute atomic E-state index is 0. The van der Waals surface area contributed by atoms with Crippen LogP contribution in [0.15, 0.2) is 48.5 Å². The second-order valence-electron chi connectivity index (χ2n) is 4.99. The highest BCUT2D eigenvalue weighted by atomic mass is 35.5. The molecule has 0 aliphatic carbocycles. The van der Waals surface area contributed by atoms with E-state index in [-0.39, 0.29) is 12.4 Å². The van der Waals surface area contributed by atoms with Crippen molar-refractivity contribution in [2.24, 2.45) is 0 Å². The summed E-state index contributed by atoms with van der Waals surface area (Å²) in [4.78, 5) is 0. The molecule has 0 spiro atoms. The predicted octanol–water partition coefficient (Wildman–Crippen LogP) is 4.83. The van der Waals surface area contributed by atoms with Crippen LogP contribution in [0.3, 0.4) is 0 Å². The lowest BCUT2D eigenvalue weighted by molar-refractivity contribution is -0.137. The van der Waals surface area contributed by atoms with Gasteiger partial charge in [-0.05, 0) is 41.8 Å². The Kier molecular flexibility index (Phi) is 4.59. The molecule has 1 N–H and O–H groups in total. The van der Waals surface area contributed by atoms with Crippen molar-refractivity contribution < 1.29 is 13.2 Å². The van der Waals surface area contributed by atoms with Crippen LogP contribution in [-0.4, -0.2) is 6.54 Å². The summed E-state index contributed by atoms with van der Waals surface area (Å²) in [7, 11) is 0. The summed E-state index contributed by atoms with van der Waals surface area (Å²) in [5.74, 6) is 0. The van der Waals surface area contributed by atoms with E-state index in [0.29, 0.717) is 6.04 Å². The molecule has 1 fully saturated rings. The van der Waals surface area contributed by atoms with E-state index in [9.17, 15) is 13.2 Å². The number of hydrogen-bond acceptors (Lipinski definition) is 1. The largest absolute Gasteiger partial charge is 0.416 e. The van der Waals surface area contributed by atoms with Crippen LogP contribution in [-0.2, 0) is 6.18 Å². The molecule has 1 aliphatic rings. The van der Waals surface area contributed by atoms with Crippen LogP contribution < -0.4 is 5.32 Å². The zero-order chi connectivity index (χ0) is 14.2. The first-order chi connectivity index (χ1) is 9.54. The Morgan fingerprint density at radius 1 is 0.857 bits per heavy atom. The Morgan fingerprint density at radius 2 is 1.33 bits per heavy atom. The smallest absolute Gasteiger partial charge is 0.310 e. The molecule has 0 bridgehead atoms. The van der Waals surface area contributed by atoms with Crippen molar-refractivity contribution in [3.05, 3.63) is 59.7 Å². The molecule has 1 heterocycles. The first-order valence-corrected chi connectivity index (χ1v) is 6.55. The van der Waals surface area contributed by atoms with Crippen molar-refractivity contribution in [2.75, 3.05) is 6.54 Å². The SMILES string of the molecule is Cl.FC(F)(F)c1ccc(-c2ccc([C@@H]3CCN3)cc2)cc1. The molecule has 1 atom stereocenters. The Bertz CT molecular complexity index is 586. The van der Waals surface area contributed by atoms with Gasteiger partial charge in [-0.1, -0.05) is 36.4 Å². The quantitative estimate of drug-likeness (QED) is 0.837. The third-order valence-electron chi connectivity index (χ3n) is 3.68. The fourth-order valence-electron chi connectivity index (χ4n) is 2.33. The molecule has 2 aromatic carbocycles. The van der Waals surface area contributed by atoms with E-state index >= 15 is 0 Å². The van der Waals surface area contributed by atoms with Crippen LogP contribution in [0.5, 0.6) is 0 Å². The molecule has 3 rings (SSSR count). The lowest BCUT2D eigenvalue weighted by atomic mass is 9.95. The lowest BCUT2D eigenvalue weighted by Gasteiger charge is -2.28. The second-order valence-corrected chi connectivity index (χ2v) is 4.99. The highest BCUT2D eigenvalue weighted by Gasteiger charge is 2.29. The van der Waals surface area contributed by atoms with Gasteiger partial charge in [0.15, 0.2) is 0 Å². The first-order valence-electron chi connectivity index (χ1n) is 6.55. The fraction of sp³-hybridized carbons (Fsp3) is 0.250. The van der Waals surface area contributed by atoms with Crippen LogP contribution in [0.1, 0.15) is 23.6 Å². The Hall–Kier alpha value is -1.52. The van der Waals surface area contributed by atoms with Crippen molar-refractivity contribution in [2.45, 2.75) is 18.6 Å². The van der Waals surface area contributed by atoms with Crippen LogP contribution in [0, 0.1) is 0 Å². The molecule has 1 aliphatic heterocycles. The molecule has 21 heavy (non-hydrogen) atoms. The Morgan fingerprint density at radius 3 is 1.71 bits per heavy atom. The van der Waals surface area contributed by atoms with Crippen molar-refractivity contribution >= 4 is 12.4 Å². The number of nitrogens with one attached hydrogen (secondary N) is 1. The molecule has 1 saturated heterocycles. The average molecular weight is 314 g/mol. The van der Waals surface area contributed by atoms with Gasteiger partial charge in [-0.25, -0.2) is 0 Å². The summed E-state index contributed by atoms with van der Waals surface area (Å²) in [5.41, 5.74) is 2.34. The van der Waals surface area contributed by atoms with Gasteiger partial charge in [0, 0.05) is 6.04 Å². The molecule has 112 valence electrons. The van der Waals surface area contributed by atoms with Gasteiger partial charge >= 0.3 is 6.18 Å². The van der Waals surface area contributed by atoms with Gasteiger partial charge in [0.25, 0.3) is 0 Å². The standard InChI is InChI=1S/C16H14F3N.ClH/c17-16(18,19)14-7-5-12(6-8-14)11-1-3-13(4-2-11)15-9-10-20-15;/h1-8,15,20H,9-10H2;1H/t15-;/m0./s1. The van der Waals surface area contributed by atoms with Crippen molar-refractivity contribution in [3.63, 3.8) is 0 Å². The summed E-state index contributed by atoms with van der Waals surface area (Å²) in [6.45, 7) is 1.05. The zero-order valence-corrected chi connectivity index (χ0v) is 12.0. The predicted molar refractivity (Wildman–Crippen MR) is 79.5 cm³/mol. The van der Waals surface area contributed by atoms with Crippen molar-refractivity contribution in [1.29, 1.82) is 0 Å². The molecule has 1 nitrogen and oxygen atoms in total. The van der Waals surface area contributed by atoms with Gasteiger partial charge in [-0.15, -0.1) is 12.4 Å². The average Bonchev–Trinajstić information content (AvgIpc) is 2.37. The lowest BCUT2D eigenvalue weighted by Crippen LogP contribution is -2.34. The summed E-state index contributed by atoms with van der Waals surface area (Å²) >= 11 is 0. The van der Waals surface area contributed by atoms with Crippen LogP contribution in [0.25, 0.3) is 11.1 Å². The minimum Gasteiger partial charge on any atom is -0.310 e. The molecule has 0 aromatic heterocycles. The molecule has 0 radical (unpaired) electrons. The summed E-state index contributed by atoms with van der Waals surface area (Å²) in [5, 5.41) is 3.32. The number of hydrogen-bond donors (Lipinski definition) is 1. The van der Waals surface area contributed by atoms with Crippen molar-refractivity contribution in [3.8, 4) is 11.1 Å². The first kappa shape index (κ1) is 15.9. The van der Waals surface area contributed by atoms with Gasteiger partial charge in [-0.2, -0.15) is 13.2 Å². The van der Waals surface area contributed by atoms with Gasteiger partial charge in [0.1, 0.15) is 0 Å². The third kappa shape index (κ3) is 3.39. The fourth-order valence-corrected chi connectivity index (χ4v) is 2.33. The van der Waals surface area contributed by atoms with Gasteiger partial charge in [-0.3, -0.25) is 0 Å². The van der Waals surface area contributed by atoms with Crippen LogP contribution in [0.4, 0.5) is 13.2 Å². The molecule has 0 saturated carbocycles. The highest BCUT2D eigenvalue weighted by molar-refractivity contribution is 5.85. The van der Waals surface area contributed by atoms with Gasteiger partial charge in [0.05, 0.1) is 5.56 Å². The van der Waals surface area contributed by atoms with Crippen molar-refractivity contribution in [1.82, 2.24) is 5.32 Å². The highest BCUT2D eigenvalue weighted by Crippen LogP contribution is 2.31. The van der Waals surface area contributed by atoms with E-state index in [4.69, 9.17) is 0 Å². The number of rotatable bonds is 2.